The van der Waals surface area contributed by atoms with Crippen LogP contribution in [0.1, 0.15) is 26.6 Å². The van der Waals surface area contributed by atoms with Crippen LogP contribution in [-0.2, 0) is 16.1 Å². The largest absolute Gasteiger partial charge is 0.457 e. The fourth-order valence-corrected chi connectivity index (χ4v) is 1.70. The molecule has 0 saturated carbocycles. The SMILES string of the molecule is CC(C)(C)C(=O)OCc1noc(-c2ccc(Cl)c(Cl)c2)n1. The van der Waals surface area contributed by atoms with E-state index >= 15 is 0 Å². The van der Waals surface area contributed by atoms with Crippen LogP contribution in [0.15, 0.2) is 22.7 Å². The number of benzene rings is 1. The van der Waals surface area contributed by atoms with Crippen LogP contribution < -0.4 is 0 Å². The van der Waals surface area contributed by atoms with Crippen LogP contribution in [0, 0.1) is 5.41 Å². The summed E-state index contributed by atoms with van der Waals surface area (Å²) in [4.78, 5) is 15.8. The number of aromatic nitrogens is 2. The summed E-state index contributed by atoms with van der Waals surface area (Å²) in [5.41, 5.74) is 0.0706. The molecule has 0 aliphatic rings. The summed E-state index contributed by atoms with van der Waals surface area (Å²) in [6.45, 7) is 5.27. The second-order valence-electron chi connectivity index (χ2n) is 5.47. The molecule has 5 nitrogen and oxygen atoms in total. The van der Waals surface area contributed by atoms with E-state index in [2.05, 4.69) is 10.1 Å². The maximum absolute atomic E-state index is 11.7. The quantitative estimate of drug-likeness (QED) is 0.792. The summed E-state index contributed by atoms with van der Waals surface area (Å²) in [5.74, 6) is 0.243. The molecule has 0 atom stereocenters. The molecule has 0 amide bonds. The van der Waals surface area contributed by atoms with Gasteiger partial charge in [0.2, 0.25) is 5.82 Å². The molecule has 0 bridgehead atoms. The van der Waals surface area contributed by atoms with Gasteiger partial charge in [-0.25, -0.2) is 0 Å². The predicted octanol–water partition coefficient (Wildman–Crippen LogP) is 4.13. The molecule has 1 aromatic carbocycles. The van der Waals surface area contributed by atoms with Gasteiger partial charge in [-0.2, -0.15) is 4.98 Å². The van der Waals surface area contributed by atoms with Crippen LogP contribution in [0.3, 0.4) is 0 Å². The molecular formula is C14H14Cl2N2O3. The van der Waals surface area contributed by atoms with Crippen molar-refractivity contribution in [2.45, 2.75) is 27.4 Å². The number of hydrogen-bond donors (Lipinski definition) is 0. The second-order valence-corrected chi connectivity index (χ2v) is 6.29. The lowest BCUT2D eigenvalue weighted by Crippen LogP contribution is -2.22. The first kappa shape index (κ1) is 15.8. The van der Waals surface area contributed by atoms with Crippen molar-refractivity contribution in [2.75, 3.05) is 0 Å². The molecular weight excluding hydrogens is 315 g/mol. The minimum atomic E-state index is -0.573. The van der Waals surface area contributed by atoms with Crippen LogP contribution in [0.25, 0.3) is 11.5 Å². The number of carbonyl (C=O) groups excluding carboxylic acids is 1. The number of carbonyl (C=O) groups is 1. The van der Waals surface area contributed by atoms with Gasteiger partial charge in [-0.15, -0.1) is 0 Å². The van der Waals surface area contributed by atoms with Crippen LogP contribution >= 0.6 is 23.2 Å². The molecule has 1 aromatic heterocycles. The van der Waals surface area contributed by atoms with Crippen molar-refractivity contribution in [2.24, 2.45) is 5.41 Å². The van der Waals surface area contributed by atoms with Crippen molar-refractivity contribution in [3.05, 3.63) is 34.1 Å². The highest BCUT2D eigenvalue weighted by atomic mass is 35.5. The first-order chi connectivity index (χ1) is 9.77. The number of halogens is 2. The van der Waals surface area contributed by atoms with Crippen molar-refractivity contribution in [3.63, 3.8) is 0 Å². The highest BCUT2D eigenvalue weighted by Crippen LogP contribution is 2.27. The van der Waals surface area contributed by atoms with Gasteiger partial charge in [-0.3, -0.25) is 4.79 Å². The third kappa shape index (κ3) is 3.95. The maximum Gasteiger partial charge on any atom is 0.311 e. The molecule has 112 valence electrons. The van der Waals surface area contributed by atoms with Gasteiger partial charge >= 0.3 is 5.97 Å². The van der Waals surface area contributed by atoms with Crippen molar-refractivity contribution in [1.29, 1.82) is 0 Å². The highest BCUT2D eigenvalue weighted by molar-refractivity contribution is 6.42. The topological polar surface area (TPSA) is 65.2 Å². The molecule has 0 spiro atoms. The van der Waals surface area contributed by atoms with Gasteiger partial charge in [-0.1, -0.05) is 28.4 Å². The van der Waals surface area contributed by atoms with E-state index in [9.17, 15) is 4.79 Å². The van der Waals surface area contributed by atoms with E-state index in [1.54, 1.807) is 39.0 Å². The highest BCUT2D eigenvalue weighted by Gasteiger charge is 2.23. The zero-order chi connectivity index (χ0) is 15.6. The predicted molar refractivity (Wildman–Crippen MR) is 79.0 cm³/mol. The minimum absolute atomic E-state index is 0.0407. The molecule has 0 saturated heterocycles. The Balaban J connectivity index is 2.08. The molecule has 0 unspecified atom stereocenters. The van der Waals surface area contributed by atoms with Crippen molar-refractivity contribution < 1.29 is 14.1 Å². The summed E-state index contributed by atoms with van der Waals surface area (Å²) in [6.07, 6.45) is 0. The van der Waals surface area contributed by atoms with Crippen molar-refractivity contribution >= 4 is 29.2 Å². The van der Waals surface area contributed by atoms with E-state index in [0.29, 0.717) is 15.6 Å². The van der Waals surface area contributed by atoms with Crippen molar-refractivity contribution in [3.8, 4) is 11.5 Å². The van der Waals surface area contributed by atoms with Gasteiger partial charge in [0, 0.05) is 5.56 Å². The number of ether oxygens (including phenoxy) is 1. The lowest BCUT2D eigenvalue weighted by atomic mass is 9.97. The zero-order valence-corrected chi connectivity index (χ0v) is 13.3. The van der Waals surface area contributed by atoms with E-state index in [0.717, 1.165) is 0 Å². The Morgan fingerprint density at radius 1 is 1.29 bits per heavy atom. The Morgan fingerprint density at radius 2 is 2.00 bits per heavy atom. The Hall–Kier alpha value is -1.59. The van der Waals surface area contributed by atoms with Gasteiger partial charge in [0.1, 0.15) is 0 Å². The van der Waals surface area contributed by atoms with Gasteiger partial charge in [0.05, 0.1) is 15.5 Å². The fourth-order valence-electron chi connectivity index (χ4n) is 1.41. The molecule has 0 fully saturated rings. The molecule has 0 radical (unpaired) electrons. The molecule has 0 aliphatic heterocycles. The van der Waals surface area contributed by atoms with E-state index in [1.807, 2.05) is 0 Å². The lowest BCUT2D eigenvalue weighted by Gasteiger charge is -2.15. The van der Waals surface area contributed by atoms with E-state index < -0.39 is 5.41 Å². The molecule has 2 aromatic rings. The maximum atomic E-state index is 11.7. The summed E-state index contributed by atoms with van der Waals surface area (Å²) in [5, 5.41) is 4.60. The first-order valence-corrected chi connectivity index (χ1v) is 6.98. The molecule has 1 heterocycles. The normalized spacial score (nSPS) is 11.5. The smallest absolute Gasteiger partial charge is 0.311 e. The Bertz CT molecular complexity index is 662. The first-order valence-electron chi connectivity index (χ1n) is 6.22. The number of hydrogen-bond acceptors (Lipinski definition) is 5. The Labute approximate surface area is 132 Å². The third-order valence-electron chi connectivity index (χ3n) is 2.58. The number of rotatable bonds is 3. The van der Waals surface area contributed by atoms with Crippen molar-refractivity contribution in [1.82, 2.24) is 10.1 Å². The lowest BCUT2D eigenvalue weighted by molar-refractivity contribution is -0.154. The molecule has 21 heavy (non-hydrogen) atoms. The number of nitrogens with zero attached hydrogens (tertiary/aromatic N) is 2. The van der Waals surface area contributed by atoms with E-state index in [-0.39, 0.29) is 24.3 Å². The zero-order valence-electron chi connectivity index (χ0n) is 11.8. The summed E-state index contributed by atoms with van der Waals surface area (Å²) >= 11 is 11.8. The second kappa shape index (κ2) is 6.03. The van der Waals surface area contributed by atoms with Gasteiger partial charge < -0.3 is 9.26 Å². The van der Waals surface area contributed by atoms with Gasteiger partial charge in [-0.05, 0) is 39.0 Å². The molecule has 7 heteroatoms. The minimum Gasteiger partial charge on any atom is -0.457 e. The monoisotopic (exact) mass is 328 g/mol. The van der Waals surface area contributed by atoms with E-state index in [1.165, 1.54) is 0 Å². The molecule has 0 N–H and O–H groups in total. The average molecular weight is 329 g/mol. The third-order valence-corrected chi connectivity index (χ3v) is 3.32. The van der Waals surface area contributed by atoms with Crippen LogP contribution in [0.5, 0.6) is 0 Å². The molecule has 0 aliphatic carbocycles. The summed E-state index contributed by atoms with van der Waals surface area (Å²) < 4.78 is 10.2. The standard InChI is InChI=1S/C14H14Cl2N2O3/c1-14(2,3)13(19)20-7-11-17-12(21-18-11)8-4-5-9(15)10(16)6-8/h4-6H,7H2,1-3H3. The summed E-state index contributed by atoms with van der Waals surface area (Å²) in [7, 11) is 0. The Morgan fingerprint density at radius 3 is 2.62 bits per heavy atom. The van der Waals surface area contributed by atoms with Crippen LogP contribution in [0.2, 0.25) is 10.0 Å². The van der Waals surface area contributed by atoms with Crippen LogP contribution in [0.4, 0.5) is 0 Å². The number of esters is 1. The average Bonchev–Trinajstić information content (AvgIpc) is 2.87. The summed E-state index contributed by atoms with van der Waals surface area (Å²) in [6, 6.07) is 4.98. The van der Waals surface area contributed by atoms with Gasteiger partial charge in [0.15, 0.2) is 6.61 Å². The van der Waals surface area contributed by atoms with Gasteiger partial charge in [0.25, 0.3) is 5.89 Å². The van der Waals surface area contributed by atoms with Crippen LogP contribution in [-0.4, -0.2) is 16.1 Å². The fraction of sp³-hybridized carbons (Fsp3) is 0.357. The Kier molecular flexibility index (Phi) is 4.54. The molecule has 2 rings (SSSR count). The van der Waals surface area contributed by atoms with E-state index in [4.69, 9.17) is 32.5 Å².